The molecule has 1 spiro atoms. The lowest BCUT2D eigenvalue weighted by atomic mass is 9.72. The van der Waals surface area contributed by atoms with Gasteiger partial charge in [0.25, 0.3) is 0 Å². The summed E-state index contributed by atoms with van der Waals surface area (Å²) in [6.07, 6.45) is 7.79. The molecule has 104 valence electrons. The summed E-state index contributed by atoms with van der Waals surface area (Å²) in [4.78, 5) is 2.63. The molecule has 0 radical (unpaired) electrons. The molecule has 0 aromatic carbocycles. The largest absolute Gasteiger partial charge is 0.396 e. The standard InChI is InChI=1S/C15H27NO2/c17-10-14-4-2-1-3-13(14)9-16-11-15(12-16)5-7-18-8-6-15/h13-14,17H,1-12H2. The zero-order valence-corrected chi connectivity index (χ0v) is 11.4. The zero-order valence-electron chi connectivity index (χ0n) is 11.4. The topological polar surface area (TPSA) is 32.7 Å². The normalized spacial score (nSPS) is 36.5. The minimum atomic E-state index is 0.400. The van der Waals surface area contributed by atoms with Crippen LogP contribution in [0.4, 0.5) is 0 Å². The molecule has 0 aromatic rings. The maximum Gasteiger partial charge on any atom is 0.0472 e. The molecule has 0 aromatic heterocycles. The van der Waals surface area contributed by atoms with Crippen LogP contribution in [-0.2, 0) is 4.74 Å². The summed E-state index contributed by atoms with van der Waals surface area (Å²) in [5.74, 6) is 1.32. The van der Waals surface area contributed by atoms with Gasteiger partial charge < -0.3 is 14.7 Å². The van der Waals surface area contributed by atoms with Crippen LogP contribution in [0.2, 0.25) is 0 Å². The fourth-order valence-corrected chi connectivity index (χ4v) is 4.25. The molecular weight excluding hydrogens is 226 g/mol. The summed E-state index contributed by atoms with van der Waals surface area (Å²) in [5.41, 5.74) is 0.599. The van der Waals surface area contributed by atoms with Gasteiger partial charge in [0.05, 0.1) is 0 Å². The van der Waals surface area contributed by atoms with E-state index in [1.807, 2.05) is 0 Å². The number of likely N-dealkylation sites (tertiary alicyclic amines) is 1. The van der Waals surface area contributed by atoms with E-state index in [-0.39, 0.29) is 0 Å². The van der Waals surface area contributed by atoms with Gasteiger partial charge in [-0.1, -0.05) is 12.8 Å². The predicted molar refractivity (Wildman–Crippen MR) is 71.5 cm³/mol. The summed E-state index contributed by atoms with van der Waals surface area (Å²) in [5, 5.41) is 9.47. The van der Waals surface area contributed by atoms with Crippen molar-refractivity contribution in [3.05, 3.63) is 0 Å². The van der Waals surface area contributed by atoms with Crippen molar-refractivity contribution in [1.29, 1.82) is 0 Å². The Balaban J connectivity index is 1.46. The minimum absolute atomic E-state index is 0.400. The first kappa shape index (κ1) is 12.9. The van der Waals surface area contributed by atoms with Crippen LogP contribution in [0, 0.1) is 17.3 Å². The summed E-state index contributed by atoms with van der Waals surface area (Å²) < 4.78 is 5.47. The molecule has 2 unspecified atom stereocenters. The van der Waals surface area contributed by atoms with E-state index in [9.17, 15) is 5.11 Å². The van der Waals surface area contributed by atoms with Crippen LogP contribution in [0.25, 0.3) is 0 Å². The SMILES string of the molecule is OCC1CCCCC1CN1CC2(CCOCC2)C1. The van der Waals surface area contributed by atoms with Crippen LogP contribution >= 0.6 is 0 Å². The van der Waals surface area contributed by atoms with Gasteiger partial charge in [0.1, 0.15) is 0 Å². The number of rotatable bonds is 3. The van der Waals surface area contributed by atoms with Crippen molar-refractivity contribution in [3.8, 4) is 0 Å². The number of hydrogen-bond donors (Lipinski definition) is 1. The second kappa shape index (κ2) is 5.48. The summed E-state index contributed by atoms with van der Waals surface area (Å²) in [6, 6.07) is 0. The van der Waals surface area contributed by atoms with E-state index < -0.39 is 0 Å². The monoisotopic (exact) mass is 253 g/mol. The highest BCUT2D eigenvalue weighted by Gasteiger charge is 2.44. The average Bonchev–Trinajstić information content (AvgIpc) is 2.39. The van der Waals surface area contributed by atoms with Crippen molar-refractivity contribution < 1.29 is 9.84 Å². The van der Waals surface area contributed by atoms with E-state index in [0.29, 0.717) is 17.9 Å². The van der Waals surface area contributed by atoms with E-state index in [1.54, 1.807) is 0 Å². The van der Waals surface area contributed by atoms with Crippen LogP contribution in [-0.4, -0.2) is 49.5 Å². The van der Waals surface area contributed by atoms with Crippen LogP contribution < -0.4 is 0 Å². The van der Waals surface area contributed by atoms with Crippen LogP contribution in [0.5, 0.6) is 0 Å². The molecule has 0 amide bonds. The Morgan fingerprint density at radius 2 is 1.72 bits per heavy atom. The first-order chi connectivity index (χ1) is 8.81. The lowest BCUT2D eigenvalue weighted by Gasteiger charge is -2.53. The van der Waals surface area contributed by atoms with E-state index >= 15 is 0 Å². The Kier molecular flexibility index (Phi) is 3.92. The summed E-state index contributed by atoms with van der Waals surface area (Å²) >= 11 is 0. The van der Waals surface area contributed by atoms with Crippen molar-refractivity contribution in [2.75, 3.05) is 39.5 Å². The van der Waals surface area contributed by atoms with Gasteiger partial charge in [-0.3, -0.25) is 0 Å². The summed E-state index contributed by atoms with van der Waals surface area (Å²) in [6.45, 7) is 6.13. The fraction of sp³-hybridized carbons (Fsp3) is 1.00. The smallest absolute Gasteiger partial charge is 0.0472 e. The quantitative estimate of drug-likeness (QED) is 0.834. The molecule has 1 saturated carbocycles. The fourth-order valence-electron chi connectivity index (χ4n) is 4.25. The third-order valence-corrected chi connectivity index (χ3v) is 5.47. The Bertz CT molecular complexity index is 268. The number of ether oxygens (including phenoxy) is 1. The van der Waals surface area contributed by atoms with Gasteiger partial charge in [-0.05, 0) is 37.5 Å². The first-order valence-electron chi connectivity index (χ1n) is 7.72. The molecule has 3 rings (SSSR count). The maximum atomic E-state index is 9.47. The molecule has 3 nitrogen and oxygen atoms in total. The van der Waals surface area contributed by atoms with E-state index in [4.69, 9.17) is 4.74 Å². The second-order valence-corrected chi connectivity index (χ2v) is 6.77. The van der Waals surface area contributed by atoms with Gasteiger partial charge in [-0.25, -0.2) is 0 Å². The second-order valence-electron chi connectivity index (χ2n) is 6.77. The molecule has 3 aliphatic rings. The van der Waals surface area contributed by atoms with Gasteiger partial charge in [0.2, 0.25) is 0 Å². The van der Waals surface area contributed by atoms with Crippen LogP contribution in [0.3, 0.4) is 0 Å². The molecule has 2 atom stereocenters. The lowest BCUT2D eigenvalue weighted by molar-refractivity contribution is -0.0902. The maximum absolute atomic E-state index is 9.47. The Labute approximate surface area is 110 Å². The van der Waals surface area contributed by atoms with Gasteiger partial charge in [0.15, 0.2) is 0 Å². The van der Waals surface area contributed by atoms with E-state index in [2.05, 4.69) is 4.90 Å². The average molecular weight is 253 g/mol. The highest BCUT2D eigenvalue weighted by Crippen LogP contribution is 2.41. The van der Waals surface area contributed by atoms with Gasteiger partial charge in [-0.2, -0.15) is 0 Å². The third-order valence-electron chi connectivity index (χ3n) is 5.47. The molecular formula is C15H27NO2. The van der Waals surface area contributed by atoms with Crippen molar-refractivity contribution in [3.63, 3.8) is 0 Å². The number of aliphatic hydroxyl groups excluding tert-OH is 1. The molecule has 2 heterocycles. The van der Waals surface area contributed by atoms with Crippen molar-refractivity contribution in [2.24, 2.45) is 17.3 Å². The van der Waals surface area contributed by atoms with Gasteiger partial charge in [-0.15, -0.1) is 0 Å². The molecule has 2 aliphatic heterocycles. The number of aliphatic hydroxyl groups is 1. The predicted octanol–water partition coefficient (Wildman–Crippen LogP) is 1.90. The molecule has 1 N–H and O–H groups in total. The van der Waals surface area contributed by atoms with Crippen molar-refractivity contribution in [1.82, 2.24) is 4.90 Å². The third kappa shape index (κ3) is 2.59. The van der Waals surface area contributed by atoms with Crippen molar-refractivity contribution in [2.45, 2.75) is 38.5 Å². The summed E-state index contributed by atoms with van der Waals surface area (Å²) in [7, 11) is 0. The minimum Gasteiger partial charge on any atom is -0.396 e. The van der Waals surface area contributed by atoms with Crippen LogP contribution in [0.15, 0.2) is 0 Å². The molecule has 3 heteroatoms. The lowest BCUT2D eigenvalue weighted by Crippen LogP contribution is -2.59. The Morgan fingerprint density at radius 3 is 2.39 bits per heavy atom. The Morgan fingerprint density at radius 1 is 1.06 bits per heavy atom. The molecule has 2 saturated heterocycles. The number of hydrogen-bond acceptors (Lipinski definition) is 3. The molecule has 18 heavy (non-hydrogen) atoms. The van der Waals surface area contributed by atoms with E-state index in [1.165, 1.54) is 58.2 Å². The van der Waals surface area contributed by atoms with Crippen LogP contribution in [0.1, 0.15) is 38.5 Å². The van der Waals surface area contributed by atoms with Crippen molar-refractivity contribution >= 4 is 0 Å². The van der Waals surface area contributed by atoms with Gasteiger partial charge in [0, 0.05) is 44.9 Å². The zero-order chi connectivity index (χ0) is 12.4. The molecule has 1 aliphatic carbocycles. The van der Waals surface area contributed by atoms with E-state index in [0.717, 1.165) is 19.1 Å². The highest BCUT2D eigenvalue weighted by atomic mass is 16.5. The van der Waals surface area contributed by atoms with Gasteiger partial charge >= 0.3 is 0 Å². The molecule has 3 fully saturated rings. The number of nitrogens with zero attached hydrogens (tertiary/aromatic N) is 1. The molecule has 0 bridgehead atoms. The Hall–Kier alpha value is -0.120. The first-order valence-corrected chi connectivity index (χ1v) is 7.72. The highest BCUT2D eigenvalue weighted by molar-refractivity contribution is 4.97.